The Bertz CT molecular complexity index is 1090. The van der Waals surface area contributed by atoms with Crippen LogP contribution in [0.4, 0.5) is 13.2 Å². The number of halogens is 3. The van der Waals surface area contributed by atoms with E-state index in [9.17, 15) is 21.6 Å². The summed E-state index contributed by atoms with van der Waals surface area (Å²) in [6.07, 6.45) is 2.32. The number of sulfone groups is 1. The van der Waals surface area contributed by atoms with Crippen LogP contribution in [0.1, 0.15) is 25.0 Å². The van der Waals surface area contributed by atoms with Gasteiger partial charge in [-0.2, -0.15) is 0 Å². The molecule has 0 bridgehead atoms. The topological polar surface area (TPSA) is 69.4 Å². The summed E-state index contributed by atoms with van der Waals surface area (Å²) in [7, 11) is -3.27. The van der Waals surface area contributed by atoms with Gasteiger partial charge in [-0.1, -0.05) is 11.2 Å². The summed E-state index contributed by atoms with van der Waals surface area (Å²) in [6, 6.07) is 5.84. The SMILES string of the molecule is Cc1cc(-c2ccc(OCC3CC(F)(F)CC[C@@H]3C3=C[C@H]3S(C)(=O)=O)cc2F)no1. The van der Waals surface area contributed by atoms with Gasteiger partial charge in [-0.15, -0.1) is 0 Å². The number of rotatable bonds is 6. The molecule has 30 heavy (non-hydrogen) atoms. The maximum Gasteiger partial charge on any atom is 0.248 e. The van der Waals surface area contributed by atoms with Crippen LogP contribution >= 0.6 is 0 Å². The molecule has 0 amide bonds. The average Bonchev–Trinajstić information content (AvgIpc) is 3.34. The standard InChI is InChI=1S/C21H22F3NO4S/c1-12-7-19(25-29-12)16-4-3-14(8-18(16)22)28-11-13-10-21(23,24)6-5-15(13)17-9-20(17)30(2,26)27/h3-4,7-9,13,15,20H,5-6,10-11H2,1-2H3/t13?,15-,20+/m0/s1. The molecular formula is C21H22F3NO4S. The van der Waals surface area contributed by atoms with Crippen molar-refractivity contribution in [3.05, 3.63) is 47.5 Å². The second-order valence-corrected chi connectivity index (χ2v) is 10.3. The Morgan fingerprint density at radius 2 is 2.07 bits per heavy atom. The molecule has 0 saturated heterocycles. The second kappa shape index (κ2) is 7.44. The van der Waals surface area contributed by atoms with Crippen molar-refractivity contribution in [2.24, 2.45) is 11.8 Å². The van der Waals surface area contributed by atoms with Gasteiger partial charge in [0.15, 0.2) is 9.84 Å². The highest BCUT2D eigenvalue weighted by Crippen LogP contribution is 2.48. The highest BCUT2D eigenvalue weighted by Gasteiger charge is 2.48. The molecule has 0 radical (unpaired) electrons. The van der Waals surface area contributed by atoms with Crippen LogP contribution in [-0.4, -0.2) is 37.6 Å². The zero-order valence-electron chi connectivity index (χ0n) is 16.6. The van der Waals surface area contributed by atoms with E-state index in [-0.39, 0.29) is 43.1 Å². The lowest BCUT2D eigenvalue weighted by atomic mass is 9.76. The fourth-order valence-electron chi connectivity index (χ4n) is 4.17. The minimum absolute atomic E-state index is 0.0457. The summed E-state index contributed by atoms with van der Waals surface area (Å²) in [5, 5.41) is 3.13. The van der Waals surface area contributed by atoms with Gasteiger partial charge >= 0.3 is 0 Å². The number of benzene rings is 1. The second-order valence-electron chi connectivity index (χ2n) is 8.16. The smallest absolute Gasteiger partial charge is 0.248 e. The van der Waals surface area contributed by atoms with Crippen molar-refractivity contribution in [3.8, 4) is 17.0 Å². The minimum atomic E-state index is -3.27. The highest BCUT2D eigenvalue weighted by atomic mass is 32.2. The van der Waals surface area contributed by atoms with E-state index >= 15 is 0 Å². The fraction of sp³-hybridized carbons (Fsp3) is 0.476. The molecule has 0 aliphatic heterocycles. The van der Waals surface area contributed by atoms with Crippen LogP contribution in [0.15, 0.2) is 40.4 Å². The van der Waals surface area contributed by atoms with Gasteiger partial charge in [-0.3, -0.25) is 0 Å². The zero-order valence-corrected chi connectivity index (χ0v) is 17.4. The lowest BCUT2D eigenvalue weighted by molar-refractivity contribution is -0.0708. The van der Waals surface area contributed by atoms with Crippen LogP contribution in [0.5, 0.6) is 5.75 Å². The first-order valence-corrected chi connectivity index (χ1v) is 11.6. The summed E-state index contributed by atoms with van der Waals surface area (Å²) >= 11 is 0. The van der Waals surface area contributed by atoms with E-state index < -0.39 is 32.7 Å². The molecule has 4 rings (SSSR count). The molecule has 2 aliphatic carbocycles. The van der Waals surface area contributed by atoms with Crippen LogP contribution in [0, 0.1) is 24.6 Å². The van der Waals surface area contributed by atoms with Crippen LogP contribution < -0.4 is 4.74 Å². The molecule has 1 fully saturated rings. The lowest BCUT2D eigenvalue weighted by Gasteiger charge is -2.35. The van der Waals surface area contributed by atoms with Crippen LogP contribution in [0.2, 0.25) is 0 Å². The molecule has 162 valence electrons. The van der Waals surface area contributed by atoms with Crippen LogP contribution in [0.25, 0.3) is 11.3 Å². The summed E-state index contributed by atoms with van der Waals surface area (Å²) in [5.41, 5.74) is 1.31. The van der Waals surface area contributed by atoms with Crippen molar-refractivity contribution in [3.63, 3.8) is 0 Å². The maximum atomic E-state index is 14.5. The van der Waals surface area contributed by atoms with Crippen LogP contribution in [-0.2, 0) is 9.84 Å². The number of nitrogens with zero attached hydrogens (tertiary/aromatic N) is 1. The van der Waals surface area contributed by atoms with Gasteiger partial charge in [0.05, 0.1) is 6.61 Å². The highest BCUT2D eigenvalue weighted by molar-refractivity contribution is 7.92. The number of aryl methyl sites for hydroxylation is 1. The molecule has 1 aromatic carbocycles. The predicted molar refractivity (Wildman–Crippen MR) is 105 cm³/mol. The van der Waals surface area contributed by atoms with Gasteiger partial charge in [-0.25, -0.2) is 21.6 Å². The van der Waals surface area contributed by atoms with Crippen molar-refractivity contribution in [1.29, 1.82) is 0 Å². The Morgan fingerprint density at radius 3 is 2.67 bits per heavy atom. The monoisotopic (exact) mass is 441 g/mol. The van der Waals surface area contributed by atoms with Gasteiger partial charge in [0.2, 0.25) is 5.92 Å². The summed E-state index contributed by atoms with van der Waals surface area (Å²) < 4.78 is 76.6. The third kappa shape index (κ3) is 4.40. The van der Waals surface area contributed by atoms with Crippen molar-refractivity contribution in [1.82, 2.24) is 5.16 Å². The predicted octanol–water partition coefficient (Wildman–Crippen LogP) is 4.57. The first-order valence-electron chi connectivity index (χ1n) is 9.68. The van der Waals surface area contributed by atoms with E-state index in [1.54, 1.807) is 25.1 Å². The fourth-order valence-corrected chi connectivity index (χ4v) is 5.24. The van der Waals surface area contributed by atoms with E-state index in [1.165, 1.54) is 12.1 Å². The third-order valence-corrected chi connectivity index (χ3v) is 7.04. The van der Waals surface area contributed by atoms with Crippen molar-refractivity contribution in [2.45, 2.75) is 37.4 Å². The summed E-state index contributed by atoms with van der Waals surface area (Å²) in [4.78, 5) is 0. The minimum Gasteiger partial charge on any atom is -0.493 e. The number of aromatic nitrogens is 1. The Morgan fingerprint density at radius 1 is 1.30 bits per heavy atom. The van der Waals surface area contributed by atoms with Gasteiger partial charge in [0.1, 0.15) is 28.3 Å². The first kappa shape index (κ1) is 21.0. The molecule has 0 N–H and O–H groups in total. The Labute approximate surface area is 172 Å². The lowest BCUT2D eigenvalue weighted by Crippen LogP contribution is -2.36. The zero-order chi connectivity index (χ0) is 21.7. The van der Waals surface area contributed by atoms with Gasteiger partial charge in [0.25, 0.3) is 0 Å². The molecule has 3 atom stereocenters. The Kier molecular flexibility index (Phi) is 5.20. The molecule has 5 nitrogen and oxygen atoms in total. The third-order valence-electron chi connectivity index (χ3n) is 5.71. The average molecular weight is 441 g/mol. The van der Waals surface area contributed by atoms with Gasteiger partial charge < -0.3 is 9.26 Å². The van der Waals surface area contributed by atoms with E-state index in [1.807, 2.05) is 0 Å². The van der Waals surface area contributed by atoms with E-state index in [4.69, 9.17) is 9.26 Å². The molecule has 1 saturated carbocycles. The van der Waals surface area contributed by atoms with Crippen molar-refractivity contribution >= 4 is 9.84 Å². The van der Waals surface area contributed by atoms with E-state index in [2.05, 4.69) is 5.16 Å². The molecule has 1 aromatic heterocycles. The number of hydrogen-bond acceptors (Lipinski definition) is 5. The molecule has 9 heteroatoms. The molecule has 2 aromatic rings. The molecule has 0 spiro atoms. The Hall–Kier alpha value is -2.29. The van der Waals surface area contributed by atoms with Gasteiger partial charge in [-0.05, 0) is 37.0 Å². The van der Waals surface area contributed by atoms with E-state index in [0.717, 1.165) is 6.26 Å². The van der Waals surface area contributed by atoms with Crippen molar-refractivity contribution in [2.75, 3.05) is 12.9 Å². The number of ether oxygens (including phenoxy) is 1. The summed E-state index contributed by atoms with van der Waals surface area (Å²) in [5.74, 6) is -3.43. The quantitative estimate of drug-likeness (QED) is 0.614. The molecule has 2 aliphatic rings. The maximum absolute atomic E-state index is 14.5. The van der Waals surface area contributed by atoms with Crippen molar-refractivity contribution < 1.29 is 30.8 Å². The normalized spacial score (nSPS) is 25.6. The number of hydrogen-bond donors (Lipinski definition) is 0. The largest absolute Gasteiger partial charge is 0.493 e. The first-order chi connectivity index (χ1) is 14.0. The van der Waals surface area contributed by atoms with Gasteiger partial charge in [0, 0.05) is 42.7 Å². The number of alkyl halides is 2. The molecular weight excluding hydrogens is 419 g/mol. The molecule has 1 heterocycles. The summed E-state index contributed by atoms with van der Waals surface area (Å²) in [6.45, 7) is 1.65. The molecule has 1 unspecified atom stereocenters. The Balaban J connectivity index is 1.46. The van der Waals surface area contributed by atoms with Crippen LogP contribution in [0.3, 0.4) is 0 Å². The van der Waals surface area contributed by atoms with E-state index in [0.29, 0.717) is 17.0 Å².